The average molecular weight is 315 g/mol. The molecule has 0 unspecified atom stereocenters. The van der Waals surface area contributed by atoms with E-state index in [2.05, 4.69) is 5.32 Å². The van der Waals surface area contributed by atoms with Crippen LogP contribution in [0.3, 0.4) is 0 Å². The van der Waals surface area contributed by atoms with Gasteiger partial charge < -0.3 is 10.2 Å². The van der Waals surface area contributed by atoms with Gasteiger partial charge in [0.05, 0.1) is 0 Å². The Bertz CT molecular complexity index is 382. The van der Waals surface area contributed by atoms with Crippen molar-refractivity contribution in [3.05, 3.63) is 0 Å². The van der Waals surface area contributed by atoms with Gasteiger partial charge in [-0.15, -0.1) is 12.4 Å². The van der Waals surface area contributed by atoms with E-state index in [0.717, 1.165) is 6.54 Å². The number of hydrogen-bond donors (Lipinski definition) is 2. The SMILES string of the molecule is CNCCN(C)C(=O)C1CCN(S(N)(=O)=O)CC1.Cl. The third kappa shape index (κ3) is 5.62. The predicted octanol–water partition coefficient (Wildman–Crippen LogP) is -0.998. The van der Waals surface area contributed by atoms with Gasteiger partial charge in [-0.05, 0) is 19.9 Å². The summed E-state index contributed by atoms with van der Waals surface area (Å²) in [5.41, 5.74) is 0. The van der Waals surface area contributed by atoms with Gasteiger partial charge in [-0.1, -0.05) is 0 Å². The minimum Gasteiger partial charge on any atom is -0.344 e. The molecule has 9 heteroatoms. The Kier molecular flexibility index (Phi) is 7.83. The fourth-order valence-electron chi connectivity index (χ4n) is 2.06. The molecule has 1 rings (SSSR count). The molecule has 1 aliphatic heterocycles. The van der Waals surface area contributed by atoms with Crippen LogP contribution in [0.25, 0.3) is 0 Å². The number of nitrogens with one attached hydrogen (secondary N) is 1. The molecule has 1 aliphatic rings. The van der Waals surface area contributed by atoms with Crippen LogP contribution in [0.15, 0.2) is 0 Å². The molecule has 0 bridgehead atoms. The van der Waals surface area contributed by atoms with Gasteiger partial charge >= 0.3 is 0 Å². The van der Waals surface area contributed by atoms with Crippen molar-refractivity contribution >= 4 is 28.5 Å². The zero-order valence-corrected chi connectivity index (χ0v) is 13.0. The lowest BCUT2D eigenvalue weighted by molar-refractivity contribution is -0.135. The average Bonchev–Trinajstić information content (AvgIpc) is 2.34. The van der Waals surface area contributed by atoms with Gasteiger partial charge in [0.15, 0.2) is 0 Å². The van der Waals surface area contributed by atoms with Crippen LogP contribution in [-0.4, -0.2) is 63.8 Å². The fourth-order valence-corrected chi connectivity index (χ4v) is 2.78. The van der Waals surface area contributed by atoms with Gasteiger partial charge in [0.25, 0.3) is 10.2 Å². The molecule has 19 heavy (non-hydrogen) atoms. The first kappa shape index (κ1) is 18.6. The lowest BCUT2D eigenvalue weighted by Gasteiger charge is -2.31. The summed E-state index contributed by atoms with van der Waals surface area (Å²) in [4.78, 5) is 13.7. The second-order valence-corrected chi connectivity index (χ2v) is 6.13. The smallest absolute Gasteiger partial charge is 0.276 e. The van der Waals surface area contributed by atoms with Crippen molar-refractivity contribution in [1.29, 1.82) is 0 Å². The molecule has 0 aromatic heterocycles. The maximum absolute atomic E-state index is 12.1. The van der Waals surface area contributed by atoms with Crippen LogP contribution in [0.2, 0.25) is 0 Å². The Morgan fingerprint density at radius 3 is 2.37 bits per heavy atom. The standard InChI is InChI=1S/C10H22N4O3S.ClH/c1-12-5-8-13(2)10(15)9-3-6-14(7-4-9)18(11,16)17;/h9,12H,3-8H2,1-2H3,(H2,11,16,17);1H. The summed E-state index contributed by atoms with van der Waals surface area (Å²) in [5, 5.41) is 8.04. The maximum atomic E-state index is 12.1. The number of likely N-dealkylation sites (N-methyl/N-ethyl adjacent to an activating group) is 2. The zero-order chi connectivity index (χ0) is 13.8. The molecule has 114 valence electrons. The summed E-state index contributed by atoms with van der Waals surface area (Å²) < 4.78 is 23.5. The normalized spacial score (nSPS) is 17.8. The zero-order valence-electron chi connectivity index (χ0n) is 11.3. The van der Waals surface area contributed by atoms with E-state index in [1.54, 1.807) is 11.9 Å². The highest BCUT2D eigenvalue weighted by Gasteiger charge is 2.30. The van der Waals surface area contributed by atoms with E-state index in [4.69, 9.17) is 5.14 Å². The number of nitrogens with zero attached hydrogens (tertiary/aromatic N) is 2. The molecule has 0 radical (unpaired) electrons. The fraction of sp³-hybridized carbons (Fsp3) is 0.900. The van der Waals surface area contributed by atoms with E-state index in [0.29, 0.717) is 32.5 Å². The van der Waals surface area contributed by atoms with E-state index in [-0.39, 0.29) is 24.2 Å². The van der Waals surface area contributed by atoms with Crippen molar-refractivity contribution in [1.82, 2.24) is 14.5 Å². The quantitative estimate of drug-likeness (QED) is 0.680. The third-order valence-corrected chi connectivity index (χ3v) is 4.32. The molecular formula is C10H23ClN4O3S. The number of nitrogens with two attached hydrogens (primary N) is 1. The minimum atomic E-state index is -3.61. The van der Waals surface area contributed by atoms with E-state index in [1.807, 2.05) is 7.05 Å². The maximum Gasteiger partial charge on any atom is 0.276 e. The first-order valence-corrected chi connectivity index (χ1v) is 7.54. The number of amides is 1. The van der Waals surface area contributed by atoms with Crippen LogP contribution in [0, 0.1) is 5.92 Å². The van der Waals surface area contributed by atoms with Crippen molar-refractivity contribution in [2.75, 3.05) is 40.3 Å². The molecule has 0 aliphatic carbocycles. The van der Waals surface area contributed by atoms with Crippen LogP contribution in [0.4, 0.5) is 0 Å². The molecule has 0 spiro atoms. The molecular weight excluding hydrogens is 292 g/mol. The highest BCUT2D eigenvalue weighted by Crippen LogP contribution is 2.20. The molecule has 1 amide bonds. The Labute approximate surface area is 121 Å². The first-order chi connectivity index (χ1) is 8.36. The molecule has 7 nitrogen and oxygen atoms in total. The molecule has 1 heterocycles. The largest absolute Gasteiger partial charge is 0.344 e. The first-order valence-electron chi connectivity index (χ1n) is 6.03. The monoisotopic (exact) mass is 314 g/mol. The number of hydrogen-bond acceptors (Lipinski definition) is 4. The lowest BCUT2D eigenvalue weighted by atomic mass is 9.97. The van der Waals surface area contributed by atoms with Crippen molar-refractivity contribution in [2.45, 2.75) is 12.8 Å². The summed E-state index contributed by atoms with van der Waals surface area (Å²) in [6, 6.07) is 0. The Morgan fingerprint density at radius 1 is 1.42 bits per heavy atom. The molecule has 3 N–H and O–H groups in total. The number of piperidine rings is 1. The second kappa shape index (κ2) is 8.01. The summed E-state index contributed by atoms with van der Waals surface area (Å²) >= 11 is 0. The molecule has 0 aromatic rings. The van der Waals surface area contributed by atoms with Crippen molar-refractivity contribution < 1.29 is 13.2 Å². The Morgan fingerprint density at radius 2 is 1.95 bits per heavy atom. The van der Waals surface area contributed by atoms with Gasteiger partial charge in [-0.2, -0.15) is 12.7 Å². The summed E-state index contributed by atoms with van der Waals surface area (Å²) in [6.07, 6.45) is 1.08. The number of rotatable bonds is 5. The van der Waals surface area contributed by atoms with E-state index in [9.17, 15) is 13.2 Å². The second-order valence-electron chi connectivity index (χ2n) is 4.58. The summed E-state index contributed by atoms with van der Waals surface area (Å²) in [6.45, 7) is 2.06. The summed E-state index contributed by atoms with van der Waals surface area (Å²) in [7, 11) is -0.00522. The molecule has 0 aromatic carbocycles. The molecule has 0 saturated carbocycles. The minimum absolute atomic E-state index is 0. The molecule has 1 saturated heterocycles. The Balaban J connectivity index is 0.00000324. The van der Waals surface area contributed by atoms with Gasteiger partial charge in [0, 0.05) is 39.1 Å². The summed E-state index contributed by atoms with van der Waals surface area (Å²) in [5.74, 6) is -0.0100. The van der Waals surface area contributed by atoms with Gasteiger partial charge in [0.2, 0.25) is 5.91 Å². The number of carbonyl (C=O) groups is 1. The van der Waals surface area contributed by atoms with Crippen LogP contribution in [-0.2, 0) is 15.0 Å². The topological polar surface area (TPSA) is 95.7 Å². The van der Waals surface area contributed by atoms with Gasteiger partial charge in [-0.25, -0.2) is 5.14 Å². The van der Waals surface area contributed by atoms with Crippen LogP contribution < -0.4 is 10.5 Å². The predicted molar refractivity (Wildman–Crippen MR) is 76.2 cm³/mol. The van der Waals surface area contributed by atoms with Gasteiger partial charge in [-0.3, -0.25) is 4.79 Å². The van der Waals surface area contributed by atoms with Crippen molar-refractivity contribution in [2.24, 2.45) is 11.1 Å². The van der Waals surface area contributed by atoms with Crippen LogP contribution in [0.5, 0.6) is 0 Å². The molecule has 0 atom stereocenters. The molecule has 1 fully saturated rings. The number of carbonyl (C=O) groups excluding carboxylic acids is 1. The van der Waals surface area contributed by atoms with Crippen molar-refractivity contribution in [3.63, 3.8) is 0 Å². The van der Waals surface area contributed by atoms with E-state index in [1.165, 1.54) is 4.31 Å². The highest BCUT2D eigenvalue weighted by molar-refractivity contribution is 7.86. The number of halogens is 1. The third-order valence-electron chi connectivity index (χ3n) is 3.24. The Hall–Kier alpha value is -0.410. The van der Waals surface area contributed by atoms with Crippen molar-refractivity contribution in [3.8, 4) is 0 Å². The lowest BCUT2D eigenvalue weighted by Crippen LogP contribution is -2.46. The van der Waals surface area contributed by atoms with Crippen LogP contribution in [0.1, 0.15) is 12.8 Å². The van der Waals surface area contributed by atoms with Crippen LogP contribution >= 0.6 is 12.4 Å². The van der Waals surface area contributed by atoms with E-state index >= 15 is 0 Å². The van der Waals surface area contributed by atoms with Gasteiger partial charge in [0.1, 0.15) is 0 Å². The highest BCUT2D eigenvalue weighted by atomic mass is 35.5. The van der Waals surface area contributed by atoms with E-state index < -0.39 is 10.2 Å².